The zero-order valence-electron chi connectivity index (χ0n) is 19.2. The quantitative estimate of drug-likeness (QED) is 0.366. The molecule has 1 heterocycles. The molecule has 0 radical (unpaired) electrons. The van der Waals surface area contributed by atoms with Crippen molar-refractivity contribution in [3.05, 3.63) is 65.5 Å². The Morgan fingerprint density at radius 3 is 2.72 bits per heavy atom. The lowest BCUT2D eigenvalue weighted by Crippen LogP contribution is -2.16. The van der Waals surface area contributed by atoms with Gasteiger partial charge >= 0.3 is 5.97 Å². The van der Waals surface area contributed by atoms with E-state index < -0.39 is 0 Å². The molecule has 1 aromatic heterocycles. The molecule has 0 spiro atoms. The Morgan fingerprint density at radius 2 is 2.03 bits per heavy atom. The van der Waals surface area contributed by atoms with Crippen molar-refractivity contribution in [3.8, 4) is 23.0 Å². The number of methoxy groups -OCH3 is 1. The van der Waals surface area contributed by atoms with E-state index in [9.17, 15) is 4.79 Å². The number of aryl methyl sites for hydroxylation is 3. The third kappa shape index (κ3) is 6.36. The molecule has 2 aromatic carbocycles. The maximum absolute atomic E-state index is 11.4. The molecule has 0 saturated carbocycles. The second kappa shape index (κ2) is 11.4. The van der Waals surface area contributed by atoms with Gasteiger partial charge < -0.3 is 18.6 Å². The largest absolute Gasteiger partial charge is 0.493 e. The number of hydrogen-bond acceptors (Lipinski definition) is 6. The predicted molar refractivity (Wildman–Crippen MR) is 123 cm³/mol. The topological polar surface area (TPSA) is 70.8 Å². The molecule has 170 valence electrons. The number of ether oxygens (including phenoxy) is 3. The zero-order valence-corrected chi connectivity index (χ0v) is 19.2. The summed E-state index contributed by atoms with van der Waals surface area (Å²) >= 11 is 0. The van der Waals surface area contributed by atoms with Gasteiger partial charge in [-0.05, 0) is 67.6 Å². The first kappa shape index (κ1) is 23.4. The van der Waals surface area contributed by atoms with Gasteiger partial charge in [-0.2, -0.15) is 0 Å². The number of carbonyl (C=O) groups excluding carboxylic acids is 1. The molecular formula is C26H31NO5. The van der Waals surface area contributed by atoms with E-state index in [1.165, 1.54) is 12.7 Å². The summed E-state index contributed by atoms with van der Waals surface area (Å²) in [4.78, 5) is 15.6. The number of hydrogen-bond donors (Lipinski definition) is 0. The standard InChI is InChI=1S/C26H31NO5/c1-5-20-6-10-24(23(17-20)26-27-13-15-31-26)32-19(3)12-14-30-22-9-7-21(18(2)16-22)8-11-25(28)29-4/h6-7,9-10,13,15-17,19H,5,8,11-12,14H2,1-4H3/t19-/m0/s1. The van der Waals surface area contributed by atoms with Gasteiger partial charge in [0.25, 0.3) is 0 Å². The first-order valence-electron chi connectivity index (χ1n) is 11.0. The van der Waals surface area contributed by atoms with Crippen molar-refractivity contribution in [1.29, 1.82) is 0 Å². The molecule has 0 bridgehead atoms. The van der Waals surface area contributed by atoms with Gasteiger partial charge in [0, 0.05) is 12.8 Å². The molecule has 1 atom stereocenters. The number of rotatable bonds is 11. The van der Waals surface area contributed by atoms with E-state index in [1.54, 1.807) is 12.5 Å². The van der Waals surface area contributed by atoms with Crippen LogP contribution in [0.15, 0.2) is 53.3 Å². The molecule has 0 saturated heterocycles. The molecule has 0 aliphatic heterocycles. The SMILES string of the molecule is CCc1ccc(O[C@@H](C)CCOc2ccc(CCC(=O)OC)c(C)c2)c(-c2ncco2)c1. The van der Waals surface area contributed by atoms with Crippen LogP contribution in [0.4, 0.5) is 0 Å². The number of carbonyl (C=O) groups is 1. The van der Waals surface area contributed by atoms with Crippen molar-refractivity contribution in [3.63, 3.8) is 0 Å². The fourth-order valence-corrected chi connectivity index (χ4v) is 3.42. The second-order valence-electron chi connectivity index (χ2n) is 7.75. The first-order chi connectivity index (χ1) is 15.5. The third-order valence-corrected chi connectivity index (χ3v) is 5.38. The predicted octanol–water partition coefficient (Wildman–Crippen LogP) is 5.55. The summed E-state index contributed by atoms with van der Waals surface area (Å²) in [6.07, 6.45) is 5.85. The lowest BCUT2D eigenvalue weighted by Gasteiger charge is -2.18. The minimum atomic E-state index is -0.200. The number of oxazole rings is 1. The summed E-state index contributed by atoms with van der Waals surface area (Å²) in [5.74, 6) is 1.92. The zero-order chi connectivity index (χ0) is 22.9. The fourth-order valence-electron chi connectivity index (χ4n) is 3.42. The van der Waals surface area contributed by atoms with Gasteiger partial charge in [-0.25, -0.2) is 4.98 Å². The minimum absolute atomic E-state index is 0.0448. The van der Waals surface area contributed by atoms with Gasteiger partial charge in [-0.1, -0.05) is 19.1 Å². The number of nitrogens with zero attached hydrogens (tertiary/aromatic N) is 1. The van der Waals surface area contributed by atoms with E-state index in [-0.39, 0.29) is 12.1 Å². The van der Waals surface area contributed by atoms with Crippen LogP contribution in [0.3, 0.4) is 0 Å². The summed E-state index contributed by atoms with van der Waals surface area (Å²) in [6.45, 7) is 6.69. The van der Waals surface area contributed by atoms with E-state index in [1.807, 2.05) is 38.1 Å². The van der Waals surface area contributed by atoms with E-state index in [0.29, 0.717) is 25.3 Å². The molecule has 0 aliphatic rings. The summed E-state index contributed by atoms with van der Waals surface area (Å²) in [7, 11) is 1.41. The lowest BCUT2D eigenvalue weighted by molar-refractivity contribution is -0.140. The van der Waals surface area contributed by atoms with Gasteiger partial charge in [-0.15, -0.1) is 0 Å². The molecule has 32 heavy (non-hydrogen) atoms. The van der Waals surface area contributed by atoms with Gasteiger partial charge in [0.1, 0.15) is 17.8 Å². The molecule has 0 amide bonds. The molecule has 6 heteroatoms. The van der Waals surface area contributed by atoms with Crippen LogP contribution < -0.4 is 9.47 Å². The molecule has 6 nitrogen and oxygen atoms in total. The Hall–Kier alpha value is -3.28. The van der Waals surface area contributed by atoms with Crippen LogP contribution >= 0.6 is 0 Å². The molecule has 0 N–H and O–H groups in total. The summed E-state index contributed by atoms with van der Waals surface area (Å²) in [6, 6.07) is 12.1. The van der Waals surface area contributed by atoms with Crippen LogP contribution in [0, 0.1) is 6.92 Å². The van der Waals surface area contributed by atoms with Crippen molar-refractivity contribution in [2.45, 2.75) is 52.6 Å². The Morgan fingerprint density at radius 1 is 1.19 bits per heavy atom. The average molecular weight is 438 g/mol. The van der Waals surface area contributed by atoms with Gasteiger partial charge in [-0.3, -0.25) is 4.79 Å². The molecule has 0 unspecified atom stereocenters. The van der Waals surface area contributed by atoms with Crippen LogP contribution in [0.1, 0.15) is 43.4 Å². The van der Waals surface area contributed by atoms with Crippen LogP contribution in [-0.4, -0.2) is 30.8 Å². The highest BCUT2D eigenvalue weighted by Crippen LogP contribution is 2.31. The summed E-state index contributed by atoms with van der Waals surface area (Å²) in [5.41, 5.74) is 4.28. The second-order valence-corrected chi connectivity index (χ2v) is 7.75. The van der Waals surface area contributed by atoms with E-state index >= 15 is 0 Å². The maximum atomic E-state index is 11.4. The highest BCUT2D eigenvalue weighted by Gasteiger charge is 2.14. The molecule has 3 aromatic rings. The minimum Gasteiger partial charge on any atom is -0.493 e. The van der Waals surface area contributed by atoms with E-state index in [0.717, 1.165) is 41.0 Å². The first-order valence-corrected chi connectivity index (χ1v) is 11.0. The maximum Gasteiger partial charge on any atom is 0.305 e. The average Bonchev–Trinajstić information content (AvgIpc) is 3.33. The lowest BCUT2D eigenvalue weighted by atomic mass is 10.0. The van der Waals surface area contributed by atoms with Crippen molar-refractivity contribution >= 4 is 5.97 Å². The summed E-state index contributed by atoms with van der Waals surface area (Å²) in [5, 5.41) is 0. The van der Waals surface area contributed by atoms with Crippen LogP contribution in [-0.2, 0) is 22.4 Å². The van der Waals surface area contributed by atoms with Crippen molar-refractivity contribution in [1.82, 2.24) is 4.98 Å². The fraction of sp³-hybridized carbons (Fsp3) is 0.385. The van der Waals surface area contributed by atoms with E-state index in [2.05, 4.69) is 24.0 Å². The Labute approximate surface area is 189 Å². The highest BCUT2D eigenvalue weighted by atomic mass is 16.5. The van der Waals surface area contributed by atoms with Gasteiger partial charge in [0.05, 0.1) is 31.6 Å². The number of aromatic nitrogens is 1. The Kier molecular flexibility index (Phi) is 8.31. The normalized spacial score (nSPS) is 11.8. The Balaban J connectivity index is 1.54. The molecule has 0 aliphatic carbocycles. The Bertz CT molecular complexity index is 1010. The van der Waals surface area contributed by atoms with E-state index in [4.69, 9.17) is 18.6 Å². The molecule has 0 fully saturated rings. The van der Waals surface area contributed by atoms with Crippen LogP contribution in [0.5, 0.6) is 11.5 Å². The summed E-state index contributed by atoms with van der Waals surface area (Å²) < 4.78 is 22.3. The van der Waals surface area contributed by atoms with Crippen LogP contribution in [0.25, 0.3) is 11.5 Å². The van der Waals surface area contributed by atoms with Crippen LogP contribution in [0.2, 0.25) is 0 Å². The molecular weight excluding hydrogens is 406 g/mol. The number of benzene rings is 2. The van der Waals surface area contributed by atoms with Crippen molar-refractivity contribution < 1.29 is 23.4 Å². The highest BCUT2D eigenvalue weighted by molar-refractivity contribution is 5.69. The van der Waals surface area contributed by atoms with Gasteiger partial charge in [0.2, 0.25) is 5.89 Å². The van der Waals surface area contributed by atoms with Crippen molar-refractivity contribution in [2.75, 3.05) is 13.7 Å². The monoisotopic (exact) mass is 437 g/mol. The molecule has 3 rings (SSSR count). The van der Waals surface area contributed by atoms with Gasteiger partial charge in [0.15, 0.2) is 0 Å². The number of esters is 1. The smallest absolute Gasteiger partial charge is 0.305 e. The third-order valence-electron chi connectivity index (χ3n) is 5.38. The van der Waals surface area contributed by atoms with Crippen molar-refractivity contribution in [2.24, 2.45) is 0 Å².